The van der Waals surface area contributed by atoms with Gasteiger partial charge in [0.1, 0.15) is 0 Å². The topological polar surface area (TPSA) is 69.6 Å². The predicted molar refractivity (Wildman–Crippen MR) is 83.6 cm³/mol. The molecule has 1 saturated carbocycles. The van der Waals surface area contributed by atoms with Crippen LogP contribution in [-0.2, 0) is 4.79 Å². The molecule has 5 nitrogen and oxygen atoms in total. The number of carbonyl (C=O) groups is 2. The van der Waals surface area contributed by atoms with Crippen molar-refractivity contribution in [1.82, 2.24) is 4.90 Å². The molecule has 1 heterocycles. The molecular formula is C15H22N2O3S. The van der Waals surface area contributed by atoms with E-state index in [4.69, 9.17) is 5.11 Å². The van der Waals surface area contributed by atoms with Crippen molar-refractivity contribution in [3.63, 3.8) is 0 Å². The minimum Gasteiger partial charge on any atom is -0.396 e. The molecule has 2 N–H and O–H groups in total. The summed E-state index contributed by atoms with van der Waals surface area (Å²) in [6, 6.07) is 3.55. The average Bonchev–Trinajstić information content (AvgIpc) is 3.23. The van der Waals surface area contributed by atoms with Crippen LogP contribution in [0, 0.1) is 5.92 Å². The first-order valence-electron chi connectivity index (χ1n) is 7.39. The van der Waals surface area contributed by atoms with Crippen LogP contribution in [0.2, 0.25) is 0 Å². The number of hydrogen-bond donors (Lipinski definition) is 2. The van der Waals surface area contributed by atoms with Crippen molar-refractivity contribution in [2.45, 2.75) is 32.1 Å². The van der Waals surface area contributed by atoms with Crippen LogP contribution in [-0.4, -0.2) is 42.0 Å². The van der Waals surface area contributed by atoms with Crippen molar-refractivity contribution in [3.05, 3.63) is 17.0 Å². The first-order chi connectivity index (χ1) is 10.1. The van der Waals surface area contributed by atoms with Gasteiger partial charge in [0.05, 0.1) is 9.88 Å². The van der Waals surface area contributed by atoms with Gasteiger partial charge < -0.3 is 15.3 Å². The molecule has 0 atom stereocenters. The van der Waals surface area contributed by atoms with Crippen molar-refractivity contribution < 1.29 is 14.7 Å². The summed E-state index contributed by atoms with van der Waals surface area (Å²) in [6.07, 6.45) is 4.53. The van der Waals surface area contributed by atoms with Crippen molar-refractivity contribution in [2.24, 2.45) is 5.92 Å². The molecule has 0 unspecified atom stereocenters. The third-order valence-electron chi connectivity index (χ3n) is 3.51. The maximum Gasteiger partial charge on any atom is 0.263 e. The van der Waals surface area contributed by atoms with Crippen molar-refractivity contribution >= 4 is 28.2 Å². The number of carbonyl (C=O) groups excluding carboxylic acids is 2. The molecule has 0 radical (unpaired) electrons. The third kappa shape index (κ3) is 4.82. The van der Waals surface area contributed by atoms with Crippen molar-refractivity contribution in [1.29, 1.82) is 0 Å². The molecule has 1 aliphatic rings. The van der Waals surface area contributed by atoms with Crippen LogP contribution in [0.3, 0.4) is 0 Å². The summed E-state index contributed by atoms with van der Waals surface area (Å²) < 4.78 is 0. The summed E-state index contributed by atoms with van der Waals surface area (Å²) in [5.41, 5.74) is 0. The van der Waals surface area contributed by atoms with Gasteiger partial charge in [-0.2, -0.15) is 0 Å². The Morgan fingerprint density at radius 1 is 1.33 bits per heavy atom. The number of nitrogens with one attached hydrogen (secondary N) is 1. The van der Waals surface area contributed by atoms with Gasteiger partial charge in [-0.1, -0.05) is 0 Å². The predicted octanol–water partition coefficient (Wildman–Crippen LogP) is 2.33. The molecule has 1 aromatic heterocycles. The van der Waals surface area contributed by atoms with E-state index in [1.54, 1.807) is 24.1 Å². The molecule has 2 rings (SSSR count). The zero-order valence-corrected chi connectivity index (χ0v) is 13.1. The third-order valence-corrected chi connectivity index (χ3v) is 4.50. The molecule has 0 bridgehead atoms. The van der Waals surface area contributed by atoms with Gasteiger partial charge in [0, 0.05) is 26.1 Å². The van der Waals surface area contributed by atoms with E-state index in [2.05, 4.69) is 5.32 Å². The SMILES string of the molecule is CN(CCCCCO)C(=O)c1ccc(NC(=O)C2CC2)s1. The molecular weight excluding hydrogens is 288 g/mol. The van der Waals surface area contributed by atoms with E-state index >= 15 is 0 Å². The summed E-state index contributed by atoms with van der Waals surface area (Å²) in [5, 5.41) is 12.3. The van der Waals surface area contributed by atoms with Gasteiger partial charge in [-0.15, -0.1) is 11.3 Å². The molecule has 21 heavy (non-hydrogen) atoms. The minimum atomic E-state index is -0.0177. The van der Waals surface area contributed by atoms with E-state index in [1.807, 2.05) is 0 Å². The molecule has 1 aromatic rings. The number of unbranched alkanes of at least 4 members (excludes halogenated alkanes) is 2. The van der Waals surface area contributed by atoms with Gasteiger partial charge in [-0.3, -0.25) is 9.59 Å². The van der Waals surface area contributed by atoms with Gasteiger partial charge >= 0.3 is 0 Å². The fourth-order valence-electron chi connectivity index (χ4n) is 2.02. The second-order valence-corrected chi connectivity index (χ2v) is 6.52. The Hall–Kier alpha value is -1.40. The lowest BCUT2D eigenvalue weighted by atomic mass is 10.2. The maximum atomic E-state index is 12.2. The fourth-order valence-corrected chi connectivity index (χ4v) is 2.92. The second-order valence-electron chi connectivity index (χ2n) is 5.44. The number of hydrogen-bond acceptors (Lipinski definition) is 4. The van der Waals surface area contributed by atoms with E-state index < -0.39 is 0 Å². The first-order valence-corrected chi connectivity index (χ1v) is 8.20. The molecule has 0 aliphatic heterocycles. The van der Waals surface area contributed by atoms with Crippen molar-refractivity contribution in [2.75, 3.05) is 25.5 Å². The van der Waals surface area contributed by atoms with Gasteiger partial charge in [0.2, 0.25) is 5.91 Å². The van der Waals surface area contributed by atoms with Crippen LogP contribution in [0.1, 0.15) is 41.8 Å². The van der Waals surface area contributed by atoms with E-state index in [0.29, 0.717) is 11.4 Å². The summed E-state index contributed by atoms with van der Waals surface area (Å²) in [6.45, 7) is 0.882. The van der Waals surface area contributed by atoms with Crippen LogP contribution in [0.5, 0.6) is 0 Å². The van der Waals surface area contributed by atoms with E-state index in [1.165, 1.54) is 11.3 Å². The number of aliphatic hydroxyl groups is 1. The minimum absolute atomic E-state index is 0.0177. The highest BCUT2D eigenvalue weighted by molar-refractivity contribution is 7.18. The zero-order chi connectivity index (χ0) is 15.2. The van der Waals surface area contributed by atoms with Crippen LogP contribution < -0.4 is 5.32 Å². The zero-order valence-electron chi connectivity index (χ0n) is 12.3. The first kappa shape index (κ1) is 16.0. The molecule has 116 valence electrons. The van der Waals surface area contributed by atoms with Crippen molar-refractivity contribution in [3.8, 4) is 0 Å². The van der Waals surface area contributed by atoms with E-state index in [0.717, 1.165) is 37.1 Å². The molecule has 2 amide bonds. The Labute approximate surface area is 129 Å². The molecule has 1 fully saturated rings. The Morgan fingerprint density at radius 2 is 2.10 bits per heavy atom. The summed E-state index contributed by atoms with van der Waals surface area (Å²) >= 11 is 1.32. The summed E-state index contributed by atoms with van der Waals surface area (Å²) in [5.74, 6) is 0.213. The van der Waals surface area contributed by atoms with E-state index in [9.17, 15) is 9.59 Å². The number of amides is 2. The largest absolute Gasteiger partial charge is 0.396 e. The normalized spacial score (nSPS) is 14.0. The highest BCUT2D eigenvalue weighted by Crippen LogP contribution is 2.31. The van der Waals surface area contributed by atoms with Crippen LogP contribution in [0.25, 0.3) is 0 Å². The number of thiophene rings is 1. The highest BCUT2D eigenvalue weighted by atomic mass is 32.1. The molecule has 0 saturated heterocycles. The van der Waals surface area contributed by atoms with E-state index in [-0.39, 0.29) is 24.3 Å². The number of rotatable bonds is 8. The molecule has 0 aromatic carbocycles. The fraction of sp³-hybridized carbons (Fsp3) is 0.600. The maximum absolute atomic E-state index is 12.2. The van der Waals surface area contributed by atoms with Crippen LogP contribution in [0.4, 0.5) is 5.00 Å². The smallest absolute Gasteiger partial charge is 0.263 e. The van der Waals surface area contributed by atoms with Gasteiger partial charge in [0.15, 0.2) is 0 Å². The Morgan fingerprint density at radius 3 is 2.76 bits per heavy atom. The molecule has 0 spiro atoms. The lowest BCUT2D eigenvalue weighted by Gasteiger charge is -2.15. The highest BCUT2D eigenvalue weighted by Gasteiger charge is 2.30. The second kappa shape index (κ2) is 7.56. The van der Waals surface area contributed by atoms with Crippen LogP contribution in [0.15, 0.2) is 12.1 Å². The monoisotopic (exact) mass is 310 g/mol. The number of nitrogens with zero attached hydrogens (tertiary/aromatic N) is 1. The lowest BCUT2D eigenvalue weighted by molar-refractivity contribution is -0.117. The lowest BCUT2D eigenvalue weighted by Crippen LogP contribution is -2.27. The molecule has 1 aliphatic carbocycles. The summed E-state index contributed by atoms with van der Waals surface area (Å²) in [7, 11) is 1.78. The van der Waals surface area contributed by atoms with Gasteiger partial charge in [-0.25, -0.2) is 0 Å². The Kier molecular flexibility index (Phi) is 5.76. The quantitative estimate of drug-likeness (QED) is 0.724. The standard InChI is InChI=1S/C15H22N2O3S/c1-17(9-3-2-4-10-18)15(20)12-7-8-13(21-12)16-14(19)11-5-6-11/h7-8,11,18H,2-6,9-10H2,1H3,(H,16,19). The van der Waals surface area contributed by atoms with Gasteiger partial charge in [-0.05, 0) is 44.2 Å². The number of aliphatic hydroxyl groups excluding tert-OH is 1. The molecule has 6 heteroatoms. The Bertz CT molecular complexity index is 497. The van der Waals surface area contributed by atoms with Crippen LogP contribution >= 0.6 is 11.3 Å². The number of anilines is 1. The summed E-state index contributed by atoms with van der Waals surface area (Å²) in [4.78, 5) is 26.2. The average molecular weight is 310 g/mol. The Balaban J connectivity index is 1.81. The van der Waals surface area contributed by atoms with Gasteiger partial charge in [0.25, 0.3) is 5.91 Å².